The molecule has 60 heavy (non-hydrogen) atoms. The standard InChI is InChI=1S/C57H34N2S/c1-2-12-43-41(37-25-27-38(28-26-37)54-34-51-49-17-7-10-20-55(49)60-56(51)57-58-52-18-8-9-19-53(52)59(54)57)32-31-40(42(43)11-1)36-23-21-35(22-24-36)39-29-30-48-46-15-4-3-13-44(46)45-14-5-6-16-47(45)50(48)33-39/h1-34H. The number of benzene rings is 10. The van der Waals surface area contributed by atoms with E-state index in [1.165, 1.54) is 96.6 Å². The fourth-order valence-electron chi connectivity index (χ4n) is 9.76. The fourth-order valence-corrected chi connectivity index (χ4v) is 10.9. The SMILES string of the molecule is c1ccc2c(c1)nc1c3sc4ccccc4c3cc(-c3ccc(-c4ccc(-c5ccc(-c6ccc7c8ccccc8c8ccccc8c7c6)cc5)c5ccccc45)cc3)n21. The first kappa shape index (κ1) is 33.4. The first-order chi connectivity index (χ1) is 29.7. The molecule has 0 bridgehead atoms. The van der Waals surface area contributed by atoms with Gasteiger partial charge in [0.2, 0.25) is 0 Å². The highest BCUT2D eigenvalue weighted by Gasteiger charge is 2.18. The highest BCUT2D eigenvalue weighted by molar-refractivity contribution is 7.26. The van der Waals surface area contributed by atoms with E-state index in [4.69, 9.17) is 4.98 Å². The van der Waals surface area contributed by atoms with E-state index in [9.17, 15) is 0 Å². The number of aromatic nitrogens is 2. The zero-order valence-electron chi connectivity index (χ0n) is 32.4. The molecule has 278 valence electrons. The van der Waals surface area contributed by atoms with E-state index in [1.54, 1.807) is 0 Å². The molecular formula is C57H34N2S. The minimum Gasteiger partial charge on any atom is -0.291 e. The number of imidazole rings is 1. The van der Waals surface area contributed by atoms with E-state index < -0.39 is 0 Å². The van der Waals surface area contributed by atoms with Gasteiger partial charge >= 0.3 is 0 Å². The lowest BCUT2D eigenvalue weighted by Gasteiger charge is -2.14. The van der Waals surface area contributed by atoms with Crippen LogP contribution in [0.5, 0.6) is 0 Å². The number of thiophene rings is 1. The summed E-state index contributed by atoms with van der Waals surface area (Å²) < 4.78 is 4.86. The second-order valence-electron chi connectivity index (χ2n) is 15.8. The highest BCUT2D eigenvalue weighted by Crippen LogP contribution is 2.42. The van der Waals surface area contributed by atoms with Crippen molar-refractivity contribution in [3.63, 3.8) is 0 Å². The first-order valence-corrected chi connectivity index (χ1v) is 21.3. The van der Waals surface area contributed by atoms with Crippen LogP contribution in [0.3, 0.4) is 0 Å². The van der Waals surface area contributed by atoms with Crippen molar-refractivity contribution in [1.29, 1.82) is 0 Å². The molecule has 13 aromatic rings. The number of fused-ring (bicyclic) bond motifs is 14. The number of rotatable bonds is 4. The van der Waals surface area contributed by atoms with Gasteiger partial charge in [0, 0.05) is 15.5 Å². The van der Waals surface area contributed by atoms with Crippen molar-refractivity contribution in [2.75, 3.05) is 0 Å². The van der Waals surface area contributed by atoms with Gasteiger partial charge < -0.3 is 0 Å². The Kier molecular flexibility index (Phi) is 7.21. The summed E-state index contributed by atoms with van der Waals surface area (Å²) in [6, 6.07) is 75.7. The summed E-state index contributed by atoms with van der Waals surface area (Å²) in [5.41, 5.74) is 12.8. The van der Waals surface area contributed by atoms with E-state index in [0.717, 1.165) is 27.9 Å². The number of nitrogens with zero attached hydrogens (tertiary/aromatic N) is 2. The third-order valence-electron chi connectivity index (χ3n) is 12.6. The second-order valence-corrected chi connectivity index (χ2v) is 16.9. The van der Waals surface area contributed by atoms with Crippen molar-refractivity contribution in [2.45, 2.75) is 0 Å². The Morgan fingerprint density at radius 3 is 1.47 bits per heavy atom. The summed E-state index contributed by atoms with van der Waals surface area (Å²) in [5, 5.41) is 12.8. The van der Waals surface area contributed by atoms with Gasteiger partial charge in [-0.25, -0.2) is 4.98 Å². The average molecular weight is 779 g/mol. The van der Waals surface area contributed by atoms with Crippen LogP contribution in [-0.4, -0.2) is 9.38 Å². The van der Waals surface area contributed by atoms with Crippen LogP contribution in [0, 0.1) is 0 Å². The number of hydrogen-bond donors (Lipinski definition) is 0. The zero-order chi connectivity index (χ0) is 39.3. The molecule has 0 aliphatic rings. The van der Waals surface area contributed by atoms with Crippen molar-refractivity contribution in [2.24, 2.45) is 0 Å². The van der Waals surface area contributed by atoms with Crippen LogP contribution in [0.4, 0.5) is 0 Å². The third kappa shape index (κ3) is 4.97. The summed E-state index contributed by atoms with van der Waals surface area (Å²) >= 11 is 1.83. The summed E-state index contributed by atoms with van der Waals surface area (Å²) in [4.78, 5) is 5.18. The number of pyridine rings is 1. The molecule has 2 nitrogen and oxygen atoms in total. The zero-order valence-corrected chi connectivity index (χ0v) is 33.2. The Labute approximate surface area is 349 Å². The van der Waals surface area contributed by atoms with Crippen molar-refractivity contribution < 1.29 is 0 Å². The third-order valence-corrected chi connectivity index (χ3v) is 13.8. The fraction of sp³-hybridized carbons (Fsp3) is 0. The van der Waals surface area contributed by atoms with Crippen LogP contribution in [0.2, 0.25) is 0 Å². The van der Waals surface area contributed by atoms with Gasteiger partial charge in [-0.05, 0) is 112 Å². The lowest BCUT2D eigenvalue weighted by Crippen LogP contribution is -1.93. The maximum atomic E-state index is 5.18. The topological polar surface area (TPSA) is 17.3 Å². The lowest BCUT2D eigenvalue weighted by atomic mass is 9.90. The summed E-state index contributed by atoms with van der Waals surface area (Å²) in [6.07, 6.45) is 0. The van der Waals surface area contributed by atoms with Crippen molar-refractivity contribution in [3.8, 4) is 44.6 Å². The summed E-state index contributed by atoms with van der Waals surface area (Å²) in [5.74, 6) is 0. The molecule has 13 rings (SSSR count). The average Bonchev–Trinajstić information content (AvgIpc) is 3.90. The molecular weight excluding hydrogens is 745 g/mol. The molecule has 3 aromatic heterocycles. The Bertz CT molecular complexity index is 3840. The summed E-state index contributed by atoms with van der Waals surface area (Å²) in [6.45, 7) is 0. The normalized spacial score (nSPS) is 12.0. The van der Waals surface area contributed by atoms with E-state index in [1.807, 2.05) is 11.3 Å². The van der Waals surface area contributed by atoms with Crippen LogP contribution >= 0.6 is 11.3 Å². The van der Waals surface area contributed by atoms with Crippen LogP contribution in [-0.2, 0) is 0 Å². The van der Waals surface area contributed by atoms with E-state index >= 15 is 0 Å². The van der Waals surface area contributed by atoms with Gasteiger partial charge in [-0.3, -0.25) is 4.40 Å². The molecule has 0 spiro atoms. The largest absolute Gasteiger partial charge is 0.291 e. The molecule has 0 N–H and O–H groups in total. The molecule has 0 unspecified atom stereocenters. The van der Waals surface area contributed by atoms with Gasteiger partial charge in [0.15, 0.2) is 5.65 Å². The predicted octanol–water partition coefficient (Wildman–Crippen LogP) is 16.1. The molecule has 0 aliphatic carbocycles. The molecule has 0 saturated heterocycles. The molecule has 0 fully saturated rings. The van der Waals surface area contributed by atoms with Crippen LogP contribution < -0.4 is 0 Å². The maximum absolute atomic E-state index is 5.18. The molecule has 0 atom stereocenters. The van der Waals surface area contributed by atoms with Crippen LogP contribution in [0.1, 0.15) is 0 Å². The Hall–Kier alpha value is -7.59. The Morgan fingerprint density at radius 2 is 0.817 bits per heavy atom. The van der Waals surface area contributed by atoms with Crippen molar-refractivity contribution in [3.05, 3.63) is 206 Å². The van der Waals surface area contributed by atoms with E-state index in [-0.39, 0.29) is 0 Å². The van der Waals surface area contributed by atoms with Gasteiger partial charge in [-0.1, -0.05) is 176 Å². The van der Waals surface area contributed by atoms with Gasteiger partial charge in [0.25, 0.3) is 0 Å². The molecule has 3 heteroatoms. The Balaban J connectivity index is 0.880. The number of para-hydroxylation sites is 2. The minimum absolute atomic E-state index is 1.01. The minimum atomic E-state index is 1.01. The number of hydrogen-bond acceptors (Lipinski definition) is 2. The monoisotopic (exact) mass is 778 g/mol. The van der Waals surface area contributed by atoms with Gasteiger partial charge in [-0.15, -0.1) is 11.3 Å². The van der Waals surface area contributed by atoms with Gasteiger partial charge in [0.05, 0.1) is 21.4 Å². The molecule has 0 radical (unpaired) electrons. The van der Waals surface area contributed by atoms with Crippen LogP contribution in [0.25, 0.3) is 125 Å². The van der Waals surface area contributed by atoms with Crippen LogP contribution in [0.15, 0.2) is 206 Å². The second kappa shape index (κ2) is 13.0. The van der Waals surface area contributed by atoms with Crippen molar-refractivity contribution in [1.82, 2.24) is 9.38 Å². The summed E-state index contributed by atoms with van der Waals surface area (Å²) in [7, 11) is 0. The first-order valence-electron chi connectivity index (χ1n) is 20.5. The smallest absolute Gasteiger partial charge is 0.156 e. The highest BCUT2D eigenvalue weighted by atomic mass is 32.1. The molecule has 3 heterocycles. The predicted molar refractivity (Wildman–Crippen MR) is 257 cm³/mol. The molecule has 10 aromatic carbocycles. The molecule has 0 amide bonds. The van der Waals surface area contributed by atoms with E-state index in [0.29, 0.717) is 0 Å². The molecule has 0 saturated carbocycles. The quantitative estimate of drug-likeness (QED) is 0.163. The van der Waals surface area contributed by atoms with Gasteiger partial charge in [0.1, 0.15) is 0 Å². The maximum Gasteiger partial charge on any atom is 0.156 e. The Morgan fingerprint density at radius 1 is 0.333 bits per heavy atom. The van der Waals surface area contributed by atoms with Gasteiger partial charge in [-0.2, -0.15) is 0 Å². The molecule has 0 aliphatic heterocycles. The van der Waals surface area contributed by atoms with E-state index in [2.05, 4.69) is 211 Å². The van der Waals surface area contributed by atoms with Crippen molar-refractivity contribution >= 4 is 91.3 Å². The lowest BCUT2D eigenvalue weighted by molar-refractivity contribution is 1.25.